The Kier molecular flexibility index (Phi) is 7.86. The summed E-state index contributed by atoms with van der Waals surface area (Å²) in [7, 11) is 0. The van der Waals surface area contributed by atoms with Crippen LogP contribution in [0.5, 0.6) is 0 Å². The fourth-order valence-electron chi connectivity index (χ4n) is 3.05. The fraction of sp³-hybridized carbons (Fsp3) is 0.636. The van der Waals surface area contributed by atoms with Gasteiger partial charge in [-0.1, -0.05) is 71.7 Å². The molecular weight excluding hydrogens is 294 g/mol. The van der Waals surface area contributed by atoms with Crippen molar-refractivity contribution in [3.05, 3.63) is 35.4 Å². The van der Waals surface area contributed by atoms with Gasteiger partial charge in [0.05, 0.1) is 0 Å². The van der Waals surface area contributed by atoms with Crippen LogP contribution >= 0.6 is 0 Å². The summed E-state index contributed by atoms with van der Waals surface area (Å²) in [4.78, 5) is 15.4. The van der Waals surface area contributed by atoms with Gasteiger partial charge in [0, 0.05) is 17.9 Å². The van der Waals surface area contributed by atoms with E-state index in [1.807, 2.05) is 13.8 Å². The van der Waals surface area contributed by atoms with Crippen molar-refractivity contribution in [2.24, 2.45) is 15.8 Å². The minimum atomic E-state index is -0.310. The molecule has 0 heterocycles. The molecule has 0 saturated carbocycles. The predicted molar refractivity (Wildman–Crippen MR) is 105 cm³/mol. The van der Waals surface area contributed by atoms with Crippen molar-refractivity contribution in [2.45, 2.75) is 72.6 Å². The quantitative estimate of drug-likeness (QED) is 0.370. The second kappa shape index (κ2) is 9.15. The minimum absolute atomic E-state index is 0.310. The average Bonchev–Trinajstić information content (AvgIpc) is 2.54. The molecular formula is C22H35NO. The third kappa shape index (κ3) is 6.98. The standard InChI is InChI=1S/C22H35NO/c1-7-21(2,3)13-9-12-20(16-23-6)19-11-8-10-18(14-19)15-22(4,5)17-24/h8,10-11,14,17,20H,6-7,9,12-13,15-16H2,1-5H3. The maximum atomic E-state index is 11.2. The third-order valence-electron chi connectivity index (χ3n) is 5.11. The van der Waals surface area contributed by atoms with E-state index in [1.165, 1.54) is 30.4 Å². The van der Waals surface area contributed by atoms with Crippen LogP contribution in [0, 0.1) is 10.8 Å². The molecule has 0 saturated heterocycles. The van der Waals surface area contributed by atoms with E-state index in [4.69, 9.17) is 0 Å². The summed E-state index contributed by atoms with van der Waals surface area (Å²) in [5.74, 6) is 0.425. The van der Waals surface area contributed by atoms with Gasteiger partial charge in [-0.3, -0.25) is 0 Å². The van der Waals surface area contributed by atoms with E-state index in [1.54, 1.807) is 0 Å². The van der Waals surface area contributed by atoms with Gasteiger partial charge in [-0.25, -0.2) is 0 Å². The van der Waals surface area contributed by atoms with E-state index in [2.05, 4.69) is 56.7 Å². The number of aldehydes is 1. The molecule has 0 amide bonds. The zero-order valence-electron chi connectivity index (χ0n) is 16.3. The summed E-state index contributed by atoms with van der Waals surface area (Å²) in [5, 5.41) is 0. The number of benzene rings is 1. The Hall–Kier alpha value is -1.44. The maximum Gasteiger partial charge on any atom is 0.125 e. The molecule has 2 nitrogen and oxygen atoms in total. The van der Waals surface area contributed by atoms with Crippen LogP contribution in [0.25, 0.3) is 0 Å². The van der Waals surface area contributed by atoms with Gasteiger partial charge in [0.25, 0.3) is 0 Å². The highest BCUT2D eigenvalue weighted by atomic mass is 16.1. The molecule has 0 radical (unpaired) electrons. The van der Waals surface area contributed by atoms with Crippen molar-refractivity contribution in [3.8, 4) is 0 Å². The minimum Gasteiger partial charge on any atom is -0.303 e. The Morgan fingerprint density at radius 2 is 1.96 bits per heavy atom. The number of aliphatic imine (C=N–C) groups is 1. The lowest BCUT2D eigenvalue weighted by Gasteiger charge is -2.24. The molecule has 134 valence electrons. The summed E-state index contributed by atoms with van der Waals surface area (Å²) in [5.41, 5.74) is 2.67. The van der Waals surface area contributed by atoms with E-state index >= 15 is 0 Å². The number of hydrogen-bond acceptors (Lipinski definition) is 2. The van der Waals surface area contributed by atoms with Gasteiger partial charge in [-0.15, -0.1) is 0 Å². The van der Waals surface area contributed by atoms with E-state index in [0.717, 1.165) is 25.7 Å². The van der Waals surface area contributed by atoms with Crippen molar-refractivity contribution in [1.29, 1.82) is 0 Å². The maximum absolute atomic E-state index is 11.2. The molecule has 0 aliphatic heterocycles. The molecule has 0 aromatic heterocycles. The second-order valence-electron chi connectivity index (χ2n) is 8.54. The molecule has 1 rings (SSSR count). The Bertz CT molecular complexity index is 531. The van der Waals surface area contributed by atoms with Gasteiger partial charge < -0.3 is 9.79 Å². The SMILES string of the molecule is C=NCC(CCCC(C)(C)CC)c1cccc(CC(C)(C)C=O)c1. The van der Waals surface area contributed by atoms with E-state index < -0.39 is 0 Å². The third-order valence-corrected chi connectivity index (χ3v) is 5.11. The zero-order valence-corrected chi connectivity index (χ0v) is 16.3. The van der Waals surface area contributed by atoms with Crippen molar-refractivity contribution in [2.75, 3.05) is 6.54 Å². The average molecular weight is 330 g/mol. The molecule has 0 bridgehead atoms. The van der Waals surface area contributed by atoms with Crippen molar-refractivity contribution in [1.82, 2.24) is 0 Å². The largest absolute Gasteiger partial charge is 0.303 e. The van der Waals surface area contributed by atoms with Crippen LogP contribution in [-0.4, -0.2) is 19.5 Å². The highest BCUT2D eigenvalue weighted by Gasteiger charge is 2.19. The lowest BCUT2D eigenvalue weighted by Crippen LogP contribution is -2.16. The molecule has 0 aliphatic carbocycles. The predicted octanol–water partition coefficient (Wildman–Crippen LogP) is 5.84. The van der Waals surface area contributed by atoms with Gasteiger partial charge in [0.1, 0.15) is 6.29 Å². The number of hydrogen-bond donors (Lipinski definition) is 0. The highest BCUT2D eigenvalue weighted by Crippen LogP contribution is 2.31. The molecule has 1 aromatic rings. The lowest BCUT2D eigenvalue weighted by molar-refractivity contribution is -0.114. The normalized spacial score (nSPS) is 13.5. The van der Waals surface area contributed by atoms with Gasteiger partial charge in [0.15, 0.2) is 0 Å². The number of carbonyl (C=O) groups is 1. The van der Waals surface area contributed by atoms with Crippen molar-refractivity contribution >= 4 is 13.0 Å². The number of carbonyl (C=O) groups excluding carboxylic acids is 1. The van der Waals surface area contributed by atoms with Gasteiger partial charge in [0.2, 0.25) is 0 Å². The van der Waals surface area contributed by atoms with Gasteiger partial charge in [-0.05, 0) is 42.5 Å². The van der Waals surface area contributed by atoms with Crippen LogP contribution in [0.2, 0.25) is 0 Å². The second-order valence-corrected chi connectivity index (χ2v) is 8.54. The molecule has 24 heavy (non-hydrogen) atoms. The molecule has 0 spiro atoms. The fourth-order valence-corrected chi connectivity index (χ4v) is 3.05. The molecule has 2 heteroatoms. The van der Waals surface area contributed by atoms with Crippen LogP contribution in [0.1, 0.15) is 77.3 Å². The number of rotatable bonds is 11. The van der Waals surface area contributed by atoms with Gasteiger partial charge in [-0.2, -0.15) is 0 Å². The topological polar surface area (TPSA) is 29.4 Å². The summed E-state index contributed by atoms with van der Waals surface area (Å²) in [6.45, 7) is 15.4. The summed E-state index contributed by atoms with van der Waals surface area (Å²) in [6, 6.07) is 8.68. The van der Waals surface area contributed by atoms with E-state index in [-0.39, 0.29) is 5.41 Å². The van der Waals surface area contributed by atoms with Crippen LogP contribution in [0.15, 0.2) is 29.3 Å². The van der Waals surface area contributed by atoms with Crippen LogP contribution < -0.4 is 0 Å². The Labute approximate surface area is 148 Å². The first kappa shape index (κ1) is 20.6. The van der Waals surface area contributed by atoms with Crippen LogP contribution in [0.3, 0.4) is 0 Å². The Morgan fingerprint density at radius 1 is 1.25 bits per heavy atom. The van der Waals surface area contributed by atoms with E-state index in [0.29, 0.717) is 11.3 Å². The molecule has 1 aromatic carbocycles. The van der Waals surface area contributed by atoms with Crippen molar-refractivity contribution < 1.29 is 4.79 Å². The first-order chi connectivity index (χ1) is 11.2. The van der Waals surface area contributed by atoms with Crippen molar-refractivity contribution in [3.63, 3.8) is 0 Å². The monoisotopic (exact) mass is 329 g/mol. The molecule has 0 aliphatic rings. The first-order valence-corrected chi connectivity index (χ1v) is 9.20. The van der Waals surface area contributed by atoms with Crippen LogP contribution in [-0.2, 0) is 11.2 Å². The smallest absolute Gasteiger partial charge is 0.125 e. The zero-order chi connectivity index (χ0) is 18.2. The van der Waals surface area contributed by atoms with Gasteiger partial charge >= 0.3 is 0 Å². The lowest BCUT2D eigenvalue weighted by atomic mass is 9.82. The molecule has 1 unspecified atom stereocenters. The summed E-state index contributed by atoms with van der Waals surface area (Å²) in [6.07, 6.45) is 6.65. The van der Waals surface area contributed by atoms with Crippen LogP contribution in [0.4, 0.5) is 0 Å². The van der Waals surface area contributed by atoms with E-state index in [9.17, 15) is 4.79 Å². The molecule has 0 fully saturated rings. The Morgan fingerprint density at radius 3 is 2.54 bits per heavy atom. The molecule has 1 atom stereocenters. The highest BCUT2D eigenvalue weighted by molar-refractivity contribution is 5.58. The summed E-state index contributed by atoms with van der Waals surface area (Å²) < 4.78 is 0. The molecule has 0 N–H and O–H groups in total. The summed E-state index contributed by atoms with van der Waals surface area (Å²) >= 11 is 0. The number of nitrogens with zero attached hydrogens (tertiary/aromatic N) is 1. The first-order valence-electron chi connectivity index (χ1n) is 9.20. The Balaban J connectivity index is 2.81.